The predicted octanol–water partition coefficient (Wildman–Crippen LogP) is 3.57. The minimum Gasteiger partial charge on any atom is -0.499 e. The first-order valence-electron chi connectivity index (χ1n) is 3.56. The molecule has 0 fully saturated rings. The lowest BCUT2D eigenvalue weighted by atomic mass is 10.2. The van der Waals surface area contributed by atoms with Crippen LogP contribution in [0.5, 0.6) is 5.06 Å². The second-order valence-electron chi connectivity index (χ2n) is 2.65. The van der Waals surface area contributed by atoms with Crippen LogP contribution in [0.2, 0.25) is 5.02 Å². The fourth-order valence-electron chi connectivity index (χ4n) is 1.20. The van der Waals surface area contributed by atoms with Gasteiger partial charge in [0, 0.05) is 10.9 Å². The van der Waals surface area contributed by atoms with Gasteiger partial charge in [0.25, 0.3) is 0 Å². The van der Waals surface area contributed by atoms with E-state index in [0.29, 0.717) is 10.1 Å². The van der Waals surface area contributed by atoms with Crippen LogP contribution in [0.25, 0.3) is 10.1 Å². The summed E-state index contributed by atoms with van der Waals surface area (Å²) in [5, 5.41) is 11.5. The van der Waals surface area contributed by atoms with E-state index in [2.05, 4.69) is 0 Å². The minimum absolute atomic E-state index is 0.359. The van der Waals surface area contributed by atoms with Gasteiger partial charge in [0.1, 0.15) is 0 Å². The Morgan fingerprint density at radius 3 is 2.83 bits per heavy atom. The molecule has 1 heterocycles. The smallest absolute Gasteiger partial charge is 0.175 e. The van der Waals surface area contributed by atoms with Gasteiger partial charge in [-0.05, 0) is 13.0 Å². The highest BCUT2D eigenvalue weighted by atomic mass is 35.5. The van der Waals surface area contributed by atoms with Crippen LogP contribution in [0.4, 0.5) is 0 Å². The average Bonchev–Trinajstić information content (AvgIpc) is 2.32. The van der Waals surface area contributed by atoms with Crippen molar-refractivity contribution in [1.82, 2.24) is 0 Å². The molecule has 0 spiro atoms. The minimum atomic E-state index is 0.359. The van der Waals surface area contributed by atoms with Crippen LogP contribution in [0, 0.1) is 6.92 Å². The molecule has 2 aromatic rings. The van der Waals surface area contributed by atoms with Gasteiger partial charge in [-0.15, -0.1) is 0 Å². The van der Waals surface area contributed by atoms with Crippen molar-refractivity contribution >= 4 is 33.0 Å². The zero-order valence-corrected chi connectivity index (χ0v) is 8.04. The molecule has 0 bridgehead atoms. The molecule has 12 heavy (non-hydrogen) atoms. The molecule has 2 rings (SSSR count). The summed E-state index contributed by atoms with van der Waals surface area (Å²) in [6.45, 7) is 1.89. The molecule has 0 saturated heterocycles. The molecule has 1 N–H and O–H groups in total. The van der Waals surface area contributed by atoms with E-state index in [1.807, 2.05) is 25.1 Å². The molecule has 1 aromatic carbocycles. The van der Waals surface area contributed by atoms with E-state index in [1.54, 1.807) is 0 Å². The summed E-state index contributed by atoms with van der Waals surface area (Å²) in [5.74, 6) is 0. The summed E-state index contributed by atoms with van der Waals surface area (Å²) in [6, 6.07) is 5.69. The number of benzene rings is 1. The molecule has 1 aromatic heterocycles. The predicted molar refractivity (Wildman–Crippen MR) is 53.2 cm³/mol. The molecule has 1 nitrogen and oxygen atoms in total. The van der Waals surface area contributed by atoms with Gasteiger partial charge in [-0.2, -0.15) is 0 Å². The molecule has 0 saturated carbocycles. The molecule has 3 heteroatoms. The second kappa shape index (κ2) is 2.64. The van der Waals surface area contributed by atoms with Crippen LogP contribution >= 0.6 is 22.9 Å². The second-order valence-corrected chi connectivity index (χ2v) is 4.06. The summed E-state index contributed by atoms with van der Waals surface area (Å²) >= 11 is 7.27. The van der Waals surface area contributed by atoms with E-state index < -0.39 is 0 Å². The van der Waals surface area contributed by atoms with Gasteiger partial charge in [-0.25, -0.2) is 0 Å². The van der Waals surface area contributed by atoms with Crippen LogP contribution in [0.3, 0.4) is 0 Å². The van der Waals surface area contributed by atoms with E-state index >= 15 is 0 Å². The maximum atomic E-state index is 9.43. The van der Waals surface area contributed by atoms with Crippen molar-refractivity contribution in [3.63, 3.8) is 0 Å². The van der Waals surface area contributed by atoms with Gasteiger partial charge in [-0.3, -0.25) is 0 Å². The Hall–Kier alpha value is -0.730. The third-order valence-electron chi connectivity index (χ3n) is 1.89. The first-order valence-corrected chi connectivity index (χ1v) is 4.76. The SMILES string of the molecule is Cc1c(O)sc2c(Cl)cccc12. The largest absolute Gasteiger partial charge is 0.499 e. The van der Waals surface area contributed by atoms with Gasteiger partial charge >= 0.3 is 0 Å². The van der Waals surface area contributed by atoms with Crippen molar-refractivity contribution in [2.24, 2.45) is 0 Å². The topological polar surface area (TPSA) is 20.2 Å². The standard InChI is InChI=1S/C9H7ClOS/c1-5-6-3-2-4-7(10)8(6)12-9(5)11/h2-4,11H,1H3. The van der Waals surface area contributed by atoms with Crippen molar-refractivity contribution in [3.8, 4) is 5.06 Å². The maximum Gasteiger partial charge on any atom is 0.175 e. The highest BCUT2D eigenvalue weighted by molar-refractivity contribution is 7.21. The number of halogens is 1. The molecule has 62 valence electrons. The molecule has 0 aliphatic rings. The average molecular weight is 199 g/mol. The third kappa shape index (κ3) is 0.993. The number of fused-ring (bicyclic) bond motifs is 1. The number of rotatable bonds is 0. The number of aryl methyl sites for hydroxylation is 1. The Morgan fingerprint density at radius 1 is 1.42 bits per heavy atom. The fraction of sp³-hybridized carbons (Fsp3) is 0.111. The van der Waals surface area contributed by atoms with Crippen LogP contribution in [0.1, 0.15) is 5.56 Å². The quantitative estimate of drug-likeness (QED) is 0.686. The summed E-state index contributed by atoms with van der Waals surface area (Å²) < 4.78 is 0.967. The molecular formula is C9H7ClOS. The van der Waals surface area contributed by atoms with Crippen LogP contribution in [-0.4, -0.2) is 5.11 Å². The number of aromatic hydroxyl groups is 1. The van der Waals surface area contributed by atoms with Crippen molar-refractivity contribution < 1.29 is 5.11 Å². The maximum absolute atomic E-state index is 9.43. The Kier molecular flexibility index (Phi) is 1.74. The number of thiophene rings is 1. The lowest BCUT2D eigenvalue weighted by Crippen LogP contribution is -1.68. The van der Waals surface area contributed by atoms with Gasteiger partial charge in [0.15, 0.2) is 5.06 Å². The van der Waals surface area contributed by atoms with Crippen molar-refractivity contribution in [3.05, 3.63) is 28.8 Å². The zero-order chi connectivity index (χ0) is 8.72. The Bertz CT molecular complexity index is 433. The first kappa shape index (κ1) is 7.90. The Balaban J connectivity index is 2.95. The molecule has 0 amide bonds. The Labute approximate surface area is 79.2 Å². The van der Waals surface area contributed by atoms with Crippen molar-refractivity contribution in [1.29, 1.82) is 0 Å². The van der Waals surface area contributed by atoms with Crippen molar-refractivity contribution in [2.75, 3.05) is 0 Å². The van der Waals surface area contributed by atoms with E-state index in [0.717, 1.165) is 15.6 Å². The van der Waals surface area contributed by atoms with E-state index in [1.165, 1.54) is 11.3 Å². The monoisotopic (exact) mass is 198 g/mol. The zero-order valence-electron chi connectivity index (χ0n) is 6.47. The highest BCUT2D eigenvalue weighted by Gasteiger charge is 2.08. The van der Waals surface area contributed by atoms with Gasteiger partial charge in [-0.1, -0.05) is 35.1 Å². The van der Waals surface area contributed by atoms with Crippen LogP contribution in [0.15, 0.2) is 18.2 Å². The van der Waals surface area contributed by atoms with E-state index in [4.69, 9.17) is 11.6 Å². The van der Waals surface area contributed by atoms with Gasteiger partial charge < -0.3 is 5.11 Å². The van der Waals surface area contributed by atoms with E-state index in [9.17, 15) is 5.11 Å². The van der Waals surface area contributed by atoms with Crippen LogP contribution < -0.4 is 0 Å². The lowest BCUT2D eigenvalue weighted by molar-refractivity contribution is 0.487. The molecule has 0 unspecified atom stereocenters. The van der Waals surface area contributed by atoms with Gasteiger partial charge in [0.05, 0.1) is 9.72 Å². The number of hydrogen-bond donors (Lipinski definition) is 1. The summed E-state index contributed by atoms with van der Waals surface area (Å²) in [7, 11) is 0. The van der Waals surface area contributed by atoms with Gasteiger partial charge in [0.2, 0.25) is 0 Å². The molecule has 0 radical (unpaired) electrons. The lowest BCUT2D eigenvalue weighted by Gasteiger charge is -1.91. The third-order valence-corrected chi connectivity index (χ3v) is 3.46. The number of hydrogen-bond acceptors (Lipinski definition) is 2. The Morgan fingerprint density at radius 2 is 2.17 bits per heavy atom. The van der Waals surface area contributed by atoms with E-state index in [-0.39, 0.29) is 0 Å². The van der Waals surface area contributed by atoms with Crippen molar-refractivity contribution in [2.45, 2.75) is 6.92 Å². The fourth-order valence-corrected chi connectivity index (χ4v) is 2.44. The summed E-state index contributed by atoms with van der Waals surface area (Å²) in [4.78, 5) is 0. The molecular weight excluding hydrogens is 192 g/mol. The molecule has 0 aliphatic carbocycles. The normalized spacial score (nSPS) is 10.8. The summed E-state index contributed by atoms with van der Waals surface area (Å²) in [5.41, 5.74) is 0.914. The summed E-state index contributed by atoms with van der Waals surface area (Å²) in [6.07, 6.45) is 0. The molecule has 0 aliphatic heterocycles. The first-order chi connectivity index (χ1) is 5.70. The highest BCUT2D eigenvalue weighted by Crippen LogP contribution is 2.39. The molecule has 0 atom stereocenters. The van der Waals surface area contributed by atoms with Crippen LogP contribution in [-0.2, 0) is 0 Å².